The van der Waals surface area contributed by atoms with Crippen LogP contribution in [0, 0.1) is 0 Å². The molecule has 0 radical (unpaired) electrons. The Balaban J connectivity index is 2.06. The van der Waals surface area contributed by atoms with Crippen LogP contribution in [0.2, 0.25) is 0 Å². The van der Waals surface area contributed by atoms with Gasteiger partial charge in [0, 0.05) is 17.8 Å². The number of benzene rings is 1. The van der Waals surface area contributed by atoms with Crippen LogP contribution in [0.5, 0.6) is 5.75 Å². The third-order valence-electron chi connectivity index (χ3n) is 2.69. The predicted molar refractivity (Wildman–Crippen MR) is 73.8 cm³/mol. The maximum absolute atomic E-state index is 12.1. The van der Waals surface area contributed by atoms with E-state index in [9.17, 15) is 8.42 Å². The number of fused-ring (bicyclic) bond motifs is 1. The molecule has 100 valence electrons. The summed E-state index contributed by atoms with van der Waals surface area (Å²) in [5.74, 6) is 0.189. The Hall–Kier alpha value is -2.47. The largest absolute Gasteiger partial charge is 0.376 e. The van der Waals surface area contributed by atoms with Crippen LogP contribution in [0.4, 0.5) is 0 Å². The van der Waals surface area contributed by atoms with Gasteiger partial charge in [-0.05, 0) is 24.3 Å². The monoisotopic (exact) mass is 286 g/mol. The Morgan fingerprint density at radius 1 is 0.850 bits per heavy atom. The first-order chi connectivity index (χ1) is 9.67. The molecule has 0 aliphatic carbocycles. The molecular formula is C14H10N2O3S. The number of hydrogen-bond donors (Lipinski definition) is 0. The Kier molecular flexibility index (Phi) is 3.08. The fourth-order valence-corrected chi connectivity index (χ4v) is 2.69. The average molecular weight is 286 g/mol. The Bertz CT molecular complexity index is 843. The first-order valence-corrected chi connectivity index (χ1v) is 7.27. The highest BCUT2D eigenvalue weighted by molar-refractivity contribution is 7.87. The van der Waals surface area contributed by atoms with E-state index >= 15 is 0 Å². The molecule has 0 aliphatic rings. The Morgan fingerprint density at radius 2 is 1.65 bits per heavy atom. The molecule has 0 N–H and O–H groups in total. The van der Waals surface area contributed by atoms with Crippen LogP contribution < -0.4 is 4.18 Å². The van der Waals surface area contributed by atoms with Crippen molar-refractivity contribution in [3.63, 3.8) is 0 Å². The summed E-state index contributed by atoms with van der Waals surface area (Å²) in [5, 5.41) is 0.675. The van der Waals surface area contributed by atoms with Gasteiger partial charge >= 0.3 is 10.1 Å². The molecule has 0 atom stereocenters. The van der Waals surface area contributed by atoms with Gasteiger partial charge in [0.1, 0.15) is 5.52 Å². The van der Waals surface area contributed by atoms with Crippen molar-refractivity contribution in [3.8, 4) is 5.75 Å². The molecule has 1 aromatic carbocycles. The molecule has 2 heterocycles. The lowest BCUT2D eigenvalue weighted by atomic mass is 10.2. The molecule has 0 saturated carbocycles. The lowest BCUT2D eigenvalue weighted by molar-refractivity contribution is 0.484. The summed E-state index contributed by atoms with van der Waals surface area (Å²) in [6.07, 6.45) is 2.99. The summed E-state index contributed by atoms with van der Waals surface area (Å²) in [5.41, 5.74) is 0.495. The standard InChI is InChI=1S/C14H10N2O3S/c17-20(18,13-8-1-2-9-15-13)19-12-7-3-5-11-6-4-10-16-14(11)12/h1-10H. The van der Waals surface area contributed by atoms with Crippen molar-refractivity contribution in [1.82, 2.24) is 9.97 Å². The lowest BCUT2D eigenvalue weighted by Crippen LogP contribution is -2.11. The molecule has 0 fully saturated rings. The molecular weight excluding hydrogens is 276 g/mol. The number of nitrogens with zero attached hydrogens (tertiary/aromatic N) is 2. The molecule has 0 unspecified atom stereocenters. The van der Waals surface area contributed by atoms with Crippen LogP contribution in [-0.2, 0) is 10.1 Å². The lowest BCUT2D eigenvalue weighted by Gasteiger charge is -2.08. The summed E-state index contributed by atoms with van der Waals surface area (Å²) < 4.78 is 29.4. The third-order valence-corrected chi connectivity index (χ3v) is 3.84. The minimum Gasteiger partial charge on any atom is -0.376 e. The van der Waals surface area contributed by atoms with Gasteiger partial charge in [0.2, 0.25) is 0 Å². The summed E-state index contributed by atoms with van der Waals surface area (Å²) in [7, 11) is -3.96. The van der Waals surface area contributed by atoms with Crippen LogP contribution in [-0.4, -0.2) is 18.4 Å². The zero-order valence-corrected chi connectivity index (χ0v) is 11.1. The quantitative estimate of drug-likeness (QED) is 0.691. The molecule has 6 heteroatoms. The number of rotatable bonds is 3. The van der Waals surface area contributed by atoms with E-state index < -0.39 is 10.1 Å². The maximum atomic E-state index is 12.1. The minimum absolute atomic E-state index is 0.132. The summed E-state index contributed by atoms with van der Waals surface area (Å²) in [6, 6.07) is 13.3. The van der Waals surface area contributed by atoms with Crippen LogP contribution in [0.25, 0.3) is 10.9 Å². The highest BCUT2D eigenvalue weighted by Crippen LogP contribution is 2.25. The molecule has 0 amide bonds. The van der Waals surface area contributed by atoms with E-state index in [1.807, 2.05) is 12.1 Å². The van der Waals surface area contributed by atoms with Crippen molar-refractivity contribution in [2.24, 2.45) is 0 Å². The number of hydrogen-bond acceptors (Lipinski definition) is 5. The van der Waals surface area contributed by atoms with Crippen molar-refractivity contribution in [2.45, 2.75) is 5.03 Å². The third kappa shape index (κ3) is 2.33. The van der Waals surface area contributed by atoms with Crippen LogP contribution in [0.3, 0.4) is 0 Å². The van der Waals surface area contributed by atoms with E-state index in [1.54, 1.807) is 36.5 Å². The van der Waals surface area contributed by atoms with Crippen LogP contribution in [0.1, 0.15) is 0 Å². The van der Waals surface area contributed by atoms with Gasteiger partial charge in [-0.1, -0.05) is 24.3 Å². The summed E-state index contributed by atoms with van der Waals surface area (Å²) in [6.45, 7) is 0. The van der Waals surface area contributed by atoms with Gasteiger partial charge in [0.25, 0.3) is 0 Å². The first kappa shape index (κ1) is 12.6. The van der Waals surface area contributed by atoms with Gasteiger partial charge < -0.3 is 4.18 Å². The molecule has 0 spiro atoms. The van der Waals surface area contributed by atoms with Gasteiger partial charge in [0.15, 0.2) is 10.8 Å². The molecule has 20 heavy (non-hydrogen) atoms. The second-order valence-electron chi connectivity index (χ2n) is 4.04. The fraction of sp³-hybridized carbons (Fsp3) is 0. The van der Waals surface area contributed by atoms with Crippen molar-refractivity contribution in [2.75, 3.05) is 0 Å². The van der Waals surface area contributed by atoms with E-state index in [1.165, 1.54) is 12.3 Å². The molecule has 0 aliphatic heterocycles. The van der Waals surface area contributed by atoms with Crippen molar-refractivity contribution >= 4 is 21.0 Å². The molecule has 0 bridgehead atoms. The molecule has 5 nitrogen and oxygen atoms in total. The van der Waals surface area contributed by atoms with Gasteiger partial charge in [-0.3, -0.25) is 4.98 Å². The normalized spacial score (nSPS) is 11.4. The van der Waals surface area contributed by atoms with E-state index in [0.717, 1.165) is 5.39 Å². The summed E-state index contributed by atoms with van der Waals surface area (Å²) in [4.78, 5) is 7.94. The van der Waals surface area contributed by atoms with E-state index in [2.05, 4.69) is 9.97 Å². The van der Waals surface area contributed by atoms with Gasteiger partial charge in [-0.25, -0.2) is 4.98 Å². The number of pyridine rings is 2. The van der Waals surface area contributed by atoms with Crippen LogP contribution >= 0.6 is 0 Å². The Labute approximate surface area is 116 Å². The zero-order chi connectivity index (χ0) is 14.0. The van der Waals surface area contributed by atoms with Crippen molar-refractivity contribution in [1.29, 1.82) is 0 Å². The second-order valence-corrected chi connectivity index (χ2v) is 5.53. The molecule has 3 aromatic rings. The summed E-state index contributed by atoms with van der Waals surface area (Å²) >= 11 is 0. The second kappa shape index (κ2) is 4.90. The smallest absolute Gasteiger partial charge is 0.356 e. The van der Waals surface area contributed by atoms with Crippen LogP contribution in [0.15, 0.2) is 66.0 Å². The van der Waals surface area contributed by atoms with E-state index in [4.69, 9.17) is 4.18 Å². The van der Waals surface area contributed by atoms with Crippen molar-refractivity contribution < 1.29 is 12.6 Å². The van der Waals surface area contributed by atoms with Gasteiger partial charge in [0.05, 0.1) is 0 Å². The Morgan fingerprint density at radius 3 is 2.45 bits per heavy atom. The number of para-hydroxylation sites is 1. The highest BCUT2D eigenvalue weighted by atomic mass is 32.2. The average Bonchev–Trinajstić information content (AvgIpc) is 2.48. The SMILES string of the molecule is O=S(=O)(Oc1cccc2cccnc12)c1ccccn1. The van der Waals surface area contributed by atoms with Gasteiger partial charge in [-0.15, -0.1) is 0 Å². The maximum Gasteiger partial charge on any atom is 0.356 e. The predicted octanol–water partition coefficient (Wildman–Crippen LogP) is 2.40. The molecule has 3 rings (SSSR count). The van der Waals surface area contributed by atoms with Gasteiger partial charge in [-0.2, -0.15) is 8.42 Å². The highest BCUT2D eigenvalue weighted by Gasteiger charge is 2.19. The zero-order valence-electron chi connectivity index (χ0n) is 10.3. The number of aromatic nitrogens is 2. The fourth-order valence-electron chi connectivity index (χ4n) is 1.80. The minimum atomic E-state index is -3.96. The topological polar surface area (TPSA) is 69.2 Å². The first-order valence-electron chi connectivity index (χ1n) is 5.86. The molecule has 0 saturated heterocycles. The molecule has 2 aromatic heterocycles. The van der Waals surface area contributed by atoms with E-state index in [-0.39, 0.29) is 10.8 Å². The van der Waals surface area contributed by atoms with Crippen molar-refractivity contribution in [3.05, 3.63) is 60.9 Å². The van der Waals surface area contributed by atoms with E-state index in [0.29, 0.717) is 5.52 Å².